The molecule has 0 fully saturated rings. The number of nitrogens with one attached hydrogen (secondary N) is 1. The minimum Gasteiger partial charge on any atom is -0.344 e. The second-order valence-electron chi connectivity index (χ2n) is 8.27. The van der Waals surface area contributed by atoms with Gasteiger partial charge in [-0.15, -0.1) is 0 Å². The standard InChI is InChI=1S/C21H27BrN2O3.C2H6/c1-21(2)12-17-20(18(25)13-21)15-11-14(22)8-9-16(15)24(17)10-6-4-3-5-7-19(26)23-27;1-2/h8-9,11,27H,3-7,10,12-13H2,1-2H3,(H,23,26);1-2H3. The number of hydrogen-bond donors (Lipinski definition) is 2. The van der Waals surface area contributed by atoms with E-state index in [-0.39, 0.29) is 17.1 Å². The lowest BCUT2D eigenvalue weighted by molar-refractivity contribution is -0.129. The molecular weight excluding hydrogens is 432 g/mol. The lowest BCUT2D eigenvalue weighted by atomic mass is 9.75. The first kappa shape index (κ1) is 23.6. The van der Waals surface area contributed by atoms with Crippen LogP contribution in [0.15, 0.2) is 22.7 Å². The Hall–Kier alpha value is -1.66. The average Bonchev–Trinajstić information content (AvgIpc) is 2.97. The number of nitrogens with zero attached hydrogens (tertiary/aromatic N) is 1. The van der Waals surface area contributed by atoms with Crippen LogP contribution in [-0.4, -0.2) is 21.5 Å². The van der Waals surface area contributed by atoms with Crippen molar-refractivity contribution in [2.75, 3.05) is 0 Å². The third kappa shape index (κ3) is 5.70. The first-order valence-corrected chi connectivity index (χ1v) is 11.4. The van der Waals surface area contributed by atoms with E-state index in [9.17, 15) is 9.59 Å². The Balaban J connectivity index is 0.00000145. The maximum Gasteiger partial charge on any atom is 0.243 e. The number of benzene rings is 1. The van der Waals surface area contributed by atoms with Crippen LogP contribution in [0.5, 0.6) is 0 Å². The van der Waals surface area contributed by atoms with Crippen LogP contribution < -0.4 is 5.48 Å². The highest BCUT2D eigenvalue weighted by Gasteiger charge is 2.35. The molecule has 29 heavy (non-hydrogen) atoms. The van der Waals surface area contributed by atoms with Gasteiger partial charge in [-0.3, -0.25) is 14.8 Å². The van der Waals surface area contributed by atoms with Crippen LogP contribution in [0.2, 0.25) is 0 Å². The number of ketones is 1. The summed E-state index contributed by atoms with van der Waals surface area (Å²) < 4.78 is 3.32. The van der Waals surface area contributed by atoms with Gasteiger partial charge in [-0.05, 0) is 42.9 Å². The van der Waals surface area contributed by atoms with E-state index in [1.807, 2.05) is 19.9 Å². The molecule has 1 amide bonds. The van der Waals surface area contributed by atoms with Crippen LogP contribution in [0.4, 0.5) is 0 Å². The molecule has 160 valence electrons. The summed E-state index contributed by atoms with van der Waals surface area (Å²) in [5, 5.41) is 9.58. The second-order valence-corrected chi connectivity index (χ2v) is 9.19. The highest BCUT2D eigenvalue weighted by molar-refractivity contribution is 9.10. The summed E-state index contributed by atoms with van der Waals surface area (Å²) in [5.74, 6) is -0.0788. The molecule has 3 rings (SSSR count). The van der Waals surface area contributed by atoms with E-state index in [2.05, 4.69) is 46.5 Å². The van der Waals surface area contributed by atoms with E-state index in [1.165, 1.54) is 5.69 Å². The van der Waals surface area contributed by atoms with Crippen LogP contribution in [-0.2, 0) is 17.8 Å². The summed E-state index contributed by atoms with van der Waals surface area (Å²) in [5.41, 5.74) is 4.87. The molecule has 0 saturated heterocycles. The molecule has 6 heteroatoms. The van der Waals surface area contributed by atoms with Gasteiger partial charge in [-0.1, -0.05) is 56.5 Å². The Bertz CT molecular complexity index is 871. The number of aromatic nitrogens is 1. The van der Waals surface area contributed by atoms with Crippen molar-refractivity contribution < 1.29 is 14.8 Å². The van der Waals surface area contributed by atoms with Gasteiger partial charge in [-0.2, -0.15) is 0 Å². The zero-order valence-electron chi connectivity index (χ0n) is 18.0. The van der Waals surface area contributed by atoms with Crippen LogP contribution in [0.1, 0.15) is 82.3 Å². The molecule has 1 aliphatic carbocycles. The van der Waals surface area contributed by atoms with Crippen LogP contribution >= 0.6 is 15.9 Å². The Morgan fingerprint density at radius 3 is 2.55 bits per heavy atom. The van der Waals surface area contributed by atoms with Crippen LogP contribution in [0.3, 0.4) is 0 Å². The first-order valence-electron chi connectivity index (χ1n) is 10.6. The van der Waals surface area contributed by atoms with Gasteiger partial charge in [0.15, 0.2) is 5.78 Å². The summed E-state index contributed by atoms with van der Waals surface area (Å²) in [6, 6.07) is 6.20. The number of Topliss-reactive ketones (excluding diaryl/α,β-unsaturated/α-hetero) is 1. The van der Waals surface area contributed by atoms with Crippen molar-refractivity contribution in [1.29, 1.82) is 0 Å². The molecule has 2 N–H and O–H groups in total. The smallest absolute Gasteiger partial charge is 0.243 e. The monoisotopic (exact) mass is 464 g/mol. The molecular formula is C23H33BrN2O3. The normalized spacial score (nSPS) is 14.9. The van der Waals surface area contributed by atoms with Crippen molar-refractivity contribution in [3.63, 3.8) is 0 Å². The predicted molar refractivity (Wildman–Crippen MR) is 120 cm³/mol. The molecule has 1 aromatic heterocycles. The molecule has 0 aliphatic heterocycles. The molecule has 0 saturated carbocycles. The zero-order chi connectivity index (χ0) is 21.6. The Morgan fingerprint density at radius 1 is 1.17 bits per heavy atom. The van der Waals surface area contributed by atoms with Crippen molar-refractivity contribution in [3.05, 3.63) is 33.9 Å². The third-order valence-corrected chi connectivity index (χ3v) is 5.85. The fourth-order valence-corrected chi connectivity index (χ4v) is 4.49. The maximum absolute atomic E-state index is 12.9. The quantitative estimate of drug-likeness (QED) is 0.298. The van der Waals surface area contributed by atoms with Gasteiger partial charge < -0.3 is 4.57 Å². The number of carbonyl (C=O) groups is 2. The van der Waals surface area contributed by atoms with Crippen molar-refractivity contribution >= 4 is 38.5 Å². The van der Waals surface area contributed by atoms with E-state index >= 15 is 0 Å². The van der Waals surface area contributed by atoms with E-state index in [0.29, 0.717) is 12.8 Å². The molecule has 0 bridgehead atoms. The zero-order valence-corrected chi connectivity index (χ0v) is 19.6. The lowest BCUT2D eigenvalue weighted by Gasteiger charge is -2.29. The molecule has 5 nitrogen and oxygen atoms in total. The average molecular weight is 465 g/mol. The summed E-state index contributed by atoms with van der Waals surface area (Å²) in [4.78, 5) is 23.9. The number of amides is 1. The molecule has 1 heterocycles. The van der Waals surface area contributed by atoms with Gasteiger partial charge in [0.25, 0.3) is 0 Å². The van der Waals surface area contributed by atoms with Crippen LogP contribution in [0, 0.1) is 5.41 Å². The third-order valence-electron chi connectivity index (χ3n) is 5.36. The number of hydroxylamine groups is 1. The van der Waals surface area contributed by atoms with Gasteiger partial charge in [0, 0.05) is 46.0 Å². The first-order chi connectivity index (χ1) is 13.8. The molecule has 0 spiro atoms. The fourth-order valence-electron chi connectivity index (χ4n) is 4.13. The number of rotatable bonds is 7. The van der Waals surface area contributed by atoms with E-state index in [1.54, 1.807) is 5.48 Å². The van der Waals surface area contributed by atoms with E-state index < -0.39 is 0 Å². The molecule has 0 unspecified atom stereocenters. The summed E-state index contributed by atoms with van der Waals surface area (Å²) in [6.07, 6.45) is 5.60. The Morgan fingerprint density at radius 2 is 1.86 bits per heavy atom. The maximum atomic E-state index is 12.9. The van der Waals surface area contributed by atoms with Gasteiger partial charge in [0.2, 0.25) is 5.91 Å². The molecule has 0 atom stereocenters. The van der Waals surface area contributed by atoms with Gasteiger partial charge in [0.05, 0.1) is 0 Å². The fraction of sp³-hybridized carbons (Fsp3) is 0.565. The molecule has 1 aliphatic rings. The molecule has 1 aromatic carbocycles. The van der Waals surface area contributed by atoms with Gasteiger partial charge in [-0.25, -0.2) is 5.48 Å². The summed E-state index contributed by atoms with van der Waals surface area (Å²) in [7, 11) is 0. The summed E-state index contributed by atoms with van der Waals surface area (Å²) >= 11 is 3.54. The van der Waals surface area contributed by atoms with Crippen molar-refractivity contribution in [2.24, 2.45) is 5.41 Å². The highest BCUT2D eigenvalue weighted by atomic mass is 79.9. The summed E-state index contributed by atoms with van der Waals surface area (Å²) in [6.45, 7) is 9.21. The Labute approximate surface area is 181 Å². The van der Waals surface area contributed by atoms with Gasteiger partial charge >= 0.3 is 0 Å². The van der Waals surface area contributed by atoms with E-state index in [4.69, 9.17) is 5.21 Å². The van der Waals surface area contributed by atoms with Crippen molar-refractivity contribution in [3.8, 4) is 0 Å². The predicted octanol–water partition coefficient (Wildman–Crippen LogP) is 6.04. The lowest BCUT2D eigenvalue weighted by Crippen LogP contribution is -2.28. The number of hydrogen-bond acceptors (Lipinski definition) is 3. The Kier molecular flexibility index (Phi) is 8.46. The minimum absolute atomic E-state index is 0.00883. The van der Waals surface area contributed by atoms with Gasteiger partial charge in [0.1, 0.15) is 0 Å². The number of fused-ring (bicyclic) bond motifs is 3. The number of carbonyl (C=O) groups excluding carboxylic acids is 2. The van der Waals surface area contributed by atoms with E-state index in [0.717, 1.165) is 59.6 Å². The second kappa shape index (κ2) is 10.4. The largest absolute Gasteiger partial charge is 0.344 e. The highest BCUT2D eigenvalue weighted by Crippen LogP contribution is 2.40. The van der Waals surface area contributed by atoms with Crippen molar-refractivity contribution in [1.82, 2.24) is 10.0 Å². The number of aryl methyl sites for hydroxylation is 1. The van der Waals surface area contributed by atoms with Crippen molar-refractivity contribution in [2.45, 2.75) is 79.2 Å². The topological polar surface area (TPSA) is 71.3 Å². The SMILES string of the molecule is CC.CC1(C)CC(=O)c2c(n(CCCCCCC(=O)NO)c3ccc(Br)cc23)C1. The van der Waals surface area contributed by atoms with Crippen LogP contribution in [0.25, 0.3) is 10.9 Å². The molecule has 0 radical (unpaired) electrons. The number of unbranched alkanes of at least 4 members (excludes halogenated alkanes) is 3. The minimum atomic E-state index is -0.327. The number of halogens is 1. The molecule has 2 aromatic rings.